The van der Waals surface area contributed by atoms with Gasteiger partial charge in [0.1, 0.15) is 5.75 Å². The summed E-state index contributed by atoms with van der Waals surface area (Å²) < 4.78 is 14.7. The van der Waals surface area contributed by atoms with Crippen LogP contribution in [0.15, 0.2) is 36.4 Å². The van der Waals surface area contributed by atoms with Gasteiger partial charge in [-0.1, -0.05) is 6.58 Å². The van der Waals surface area contributed by atoms with Crippen LogP contribution in [0.25, 0.3) is 0 Å². The molecule has 0 unspecified atom stereocenters. The molecule has 0 aromatic heterocycles. The average molecular weight is 264 g/mol. The number of hydrogen-bond acceptors (Lipinski definition) is 5. The van der Waals surface area contributed by atoms with Crippen molar-refractivity contribution < 1.29 is 23.8 Å². The van der Waals surface area contributed by atoms with Crippen molar-refractivity contribution in [2.75, 3.05) is 20.5 Å². The predicted octanol–water partition coefficient (Wildman–Crippen LogP) is 1.97. The summed E-state index contributed by atoms with van der Waals surface area (Å²) in [7, 11) is 1.52. The number of methoxy groups -OCH3 is 1. The largest absolute Gasteiger partial charge is 0.468 e. The Kier molecular flexibility index (Phi) is 5.75. The molecule has 19 heavy (non-hydrogen) atoms. The van der Waals surface area contributed by atoms with Crippen molar-refractivity contribution in [1.29, 1.82) is 0 Å². The molecule has 0 aliphatic rings. The molecular formula is C14H16O5. The highest BCUT2D eigenvalue weighted by Gasteiger charge is 2.10. The van der Waals surface area contributed by atoms with Crippen LogP contribution in [0.1, 0.15) is 17.3 Å². The summed E-state index contributed by atoms with van der Waals surface area (Å²) in [6.45, 7) is 4.79. The predicted molar refractivity (Wildman–Crippen MR) is 69.0 cm³/mol. The van der Waals surface area contributed by atoms with E-state index in [1.54, 1.807) is 24.3 Å². The maximum Gasteiger partial charge on any atom is 0.333 e. The molecule has 0 radical (unpaired) electrons. The highest BCUT2D eigenvalue weighted by atomic mass is 16.7. The molecule has 1 aromatic rings. The molecule has 0 spiro atoms. The normalized spacial score (nSPS) is 9.79. The maximum absolute atomic E-state index is 11.7. The number of rotatable bonds is 7. The van der Waals surface area contributed by atoms with Crippen molar-refractivity contribution in [3.8, 4) is 5.75 Å². The summed E-state index contributed by atoms with van der Waals surface area (Å²) in [5.74, 6) is -0.265. The minimum absolute atomic E-state index is 0.142. The molecule has 0 heterocycles. The highest BCUT2D eigenvalue weighted by molar-refractivity contribution is 5.99. The van der Waals surface area contributed by atoms with Crippen molar-refractivity contribution in [1.82, 2.24) is 0 Å². The lowest BCUT2D eigenvalue weighted by molar-refractivity contribution is -0.137. The Labute approximate surface area is 111 Å². The van der Waals surface area contributed by atoms with Crippen LogP contribution < -0.4 is 4.74 Å². The molecule has 0 saturated heterocycles. The molecular weight excluding hydrogens is 248 g/mol. The molecule has 5 nitrogen and oxygen atoms in total. The van der Waals surface area contributed by atoms with Gasteiger partial charge in [0.2, 0.25) is 0 Å². The van der Waals surface area contributed by atoms with Gasteiger partial charge in [0.15, 0.2) is 19.2 Å². The van der Waals surface area contributed by atoms with Crippen molar-refractivity contribution in [2.24, 2.45) is 0 Å². The lowest BCUT2D eigenvalue weighted by Gasteiger charge is -2.06. The van der Waals surface area contributed by atoms with E-state index in [0.717, 1.165) is 0 Å². The Hall–Kier alpha value is -2.14. The van der Waals surface area contributed by atoms with E-state index >= 15 is 0 Å². The first-order valence-corrected chi connectivity index (χ1v) is 5.62. The van der Waals surface area contributed by atoms with Crippen LogP contribution >= 0.6 is 0 Å². The first-order valence-electron chi connectivity index (χ1n) is 5.62. The Bertz CT molecular complexity index is 461. The second-order valence-corrected chi connectivity index (χ2v) is 3.85. The van der Waals surface area contributed by atoms with E-state index in [9.17, 15) is 9.59 Å². The van der Waals surface area contributed by atoms with E-state index in [-0.39, 0.29) is 24.8 Å². The number of Topliss-reactive ketones (excluding diaryl/α,β-unsaturated/α-hetero) is 1. The van der Waals surface area contributed by atoms with Crippen LogP contribution in [0, 0.1) is 0 Å². The second-order valence-electron chi connectivity index (χ2n) is 3.85. The third-order valence-electron chi connectivity index (χ3n) is 2.20. The fourth-order valence-electron chi connectivity index (χ4n) is 1.20. The van der Waals surface area contributed by atoms with Gasteiger partial charge in [0.25, 0.3) is 0 Å². The zero-order valence-corrected chi connectivity index (χ0v) is 11.0. The molecule has 0 aliphatic carbocycles. The summed E-state index contributed by atoms with van der Waals surface area (Å²) in [5, 5.41) is 0. The fraction of sp³-hybridized carbons (Fsp3) is 0.286. The minimum Gasteiger partial charge on any atom is -0.468 e. The van der Waals surface area contributed by atoms with Crippen LogP contribution in [-0.2, 0) is 14.3 Å². The minimum atomic E-state index is -0.576. The van der Waals surface area contributed by atoms with E-state index in [4.69, 9.17) is 14.2 Å². The van der Waals surface area contributed by atoms with Crippen LogP contribution in [0.2, 0.25) is 0 Å². The van der Waals surface area contributed by atoms with E-state index in [1.165, 1.54) is 14.0 Å². The van der Waals surface area contributed by atoms with Gasteiger partial charge in [-0.2, -0.15) is 0 Å². The van der Waals surface area contributed by atoms with Gasteiger partial charge >= 0.3 is 5.97 Å². The molecule has 0 atom stereocenters. The van der Waals surface area contributed by atoms with Crippen LogP contribution in [0.4, 0.5) is 0 Å². The third-order valence-corrected chi connectivity index (χ3v) is 2.20. The fourth-order valence-corrected chi connectivity index (χ4v) is 1.20. The quantitative estimate of drug-likeness (QED) is 0.326. The van der Waals surface area contributed by atoms with E-state index in [2.05, 4.69) is 6.58 Å². The molecule has 0 amide bonds. The zero-order chi connectivity index (χ0) is 14.3. The average Bonchev–Trinajstić information content (AvgIpc) is 2.42. The standard InChI is InChI=1S/C14H16O5/c1-10(2)14(16)18-8-13(15)11-4-6-12(7-5-11)19-9-17-3/h4-7H,1,8-9H2,2-3H3. The summed E-state index contributed by atoms with van der Waals surface area (Å²) in [6.07, 6.45) is 0. The maximum atomic E-state index is 11.7. The van der Waals surface area contributed by atoms with Crippen LogP contribution in [0.5, 0.6) is 5.75 Å². The summed E-state index contributed by atoms with van der Waals surface area (Å²) in [5.41, 5.74) is 0.704. The van der Waals surface area contributed by atoms with Crippen LogP contribution in [0.3, 0.4) is 0 Å². The Morgan fingerprint density at radius 2 is 1.84 bits per heavy atom. The Morgan fingerprint density at radius 3 is 2.37 bits per heavy atom. The number of carbonyl (C=O) groups is 2. The smallest absolute Gasteiger partial charge is 0.333 e. The zero-order valence-electron chi connectivity index (χ0n) is 11.0. The second kappa shape index (κ2) is 7.33. The molecule has 5 heteroatoms. The first kappa shape index (κ1) is 14.9. The third kappa shape index (κ3) is 4.93. The number of benzene rings is 1. The first-order chi connectivity index (χ1) is 9.04. The number of carbonyl (C=O) groups excluding carboxylic acids is 2. The van der Waals surface area contributed by atoms with Crippen molar-refractivity contribution in [3.63, 3.8) is 0 Å². The molecule has 0 fully saturated rings. The van der Waals surface area contributed by atoms with E-state index in [0.29, 0.717) is 11.3 Å². The lowest BCUT2D eigenvalue weighted by atomic mass is 10.1. The van der Waals surface area contributed by atoms with Crippen molar-refractivity contribution in [3.05, 3.63) is 42.0 Å². The molecule has 1 rings (SSSR count). The van der Waals surface area contributed by atoms with Gasteiger partial charge in [-0.25, -0.2) is 4.79 Å². The summed E-state index contributed by atoms with van der Waals surface area (Å²) in [6, 6.07) is 6.49. The van der Waals surface area contributed by atoms with Gasteiger partial charge in [0.05, 0.1) is 0 Å². The lowest BCUT2D eigenvalue weighted by Crippen LogP contribution is -2.14. The Balaban J connectivity index is 2.53. The topological polar surface area (TPSA) is 61.8 Å². The molecule has 0 bridgehead atoms. The number of ketones is 1. The van der Waals surface area contributed by atoms with Gasteiger partial charge in [-0.05, 0) is 31.2 Å². The van der Waals surface area contributed by atoms with Gasteiger partial charge in [-0.3, -0.25) is 4.79 Å². The van der Waals surface area contributed by atoms with Gasteiger partial charge in [0, 0.05) is 18.2 Å². The molecule has 0 N–H and O–H groups in total. The van der Waals surface area contributed by atoms with Crippen molar-refractivity contribution >= 4 is 11.8 Å². The summed E-state index contributed by atoms with van der Waals surface area (Å²) >= 11 is 0. The Morgan fingerprint density at radius 1 is 1.21 bits per heavy atom. The van der Waals surface area contributed by atoms with Gasteiger partial charge < -0.3 is 14.2 Å². The molecule has 0 aliphatic heterocycles. The molecule has 0 saturated carbocycles. The van der Waals surface area contributed by atoms with Crippen molar-refractivity contribution in [2.45, 2.75) is 6.92 Å². The number of hydrogen-bond donors (Lipinski definition) is 0. The summed E-state index contributed by atoms with van der Waals surface area (Å²) in [4.78, 5) is 22.9. The highest BCUT2D eigenvalue weighted by Crippen LogP contribution is 2.12. The molecule has 1 aromatic carbocycles. The number of ether oxygens (including phenoxy) is 3. The monoisotopic (exact) mass is 264 g/mol. The SMILES string of the molecule is C=C(C)C(=O)OCC(=O)c1ccc(OCOC)cc1. The van der Waals surface area contributed by atoms with E-state index in [1.807, 2.05) is 0 Å². The van der Waals surface area contributed by atoms with E-state index < -0.39 is 5.97 Å². The molecule has 102 valence electrons. The van der Waals surface area contributed by atoms with Crippen LogP contribution in [-0.4, -0.2) is 32.3 Å². The van der Waals surface area contributed by atoms with Gasteiger partial charge in [-0.15, -0.1) is 0 Å². The number of esters is 1.